The average Bonchev–Trinajstić information content (AvgIpc) is 3.35. The molecular formula is C23H24FN5O4S. The van der Waals surface area contributed by atoms with E-state index in [1.807, 2.05) is 0 Å². The molecule has 0 saturated carbocycles. The Morgan fingerprint density at radius 3 is 2.62 bits per heavy atom. The predicted molar refractivity (Wildman–Crippen MR) is 126 cm³/mol. The smallest absolute Gasteiger partial charge is 0.321 e. The predicted octanol–water partition coefficient (Wildman–Crippen LogP) is 4.36. The van der Waals surface area contributed by atoms with Crippen molar-refractivity contribution in [2.75, 3.05) is 37.9 Å². The van der Waals surface area contributed by atoms with Crippen LogP contribution < -0.4 is 20.1 Å². The van der Waals surface area contributed by atoms with E-state index < -0.39 is 11.7 Å². The van der Waals surface area contributed by atoms with E-state index >= 15 is 0 Å². The molecule has 1 aromatic heterocycles. The second-order valence-corrected chi connectivity index (χ2v) is 8.70. The summed E-state index contributed by atoms with van der Waals surface area (Å²) in [5, 5.41) is 14.6. The lowest BCUT2D eigenvalue weighted by molar-refractivity contribution is 0.102. The third kappa shape index (κ3) is 5.42. The molecule has 4 rings (SSSR count). The Kier molecular flexibility index (Phi) is 7.21. The van der Waals surface area contributed by atoms with Gasteiger partial charge in [0.2, 0.25) is 5.01 Å². The highest BCUT2D eigenvalue weighted by Crippen LogP contribution is 2.32. The molecule has 3 aromatic rings. The summed E-state index contributed by atoms with van der Waals surface area (Å²) in [6.07, 6.45) is 1.63. The summed E-state index contributed by atoms with van der Waals surface area (Å²) in [4.78, 5) is 27.1. The number of hydrogen-bond donors (Lipinski definition) is 2. The number of urea groups is 1. The Balaban J connectivity index is 1.38. The number of methoxy groups -OCH3 is 2. The molecule has 2 heterocycles. The normalized spacial score (nSPS) is 15.5. The molecule has 0 unspecified atom stereocenters. The van der Waals surface area contributed by atoms with Gasteiger partial charge in [-0.3, -0.25) is 4.79 Å². The first-order valence-electron chi connectivity index (χ1n) is 10.6. The number of halogens is 1. The minimum absolute atomic E-state index is 0.0295. The van der Waals surface area contributed by atoms with Crippen molar-refractivity contribution in [3.8, 4) is 11.5 Å². The number of likely N-dealkylation sites (tertiary alicyclic amines) is 1. The average molecular weight is 486 g/mol. The summed E-state index contributed by atoms with van der Waals surface area (Å²) in [7, 11) is 3.08. The lowest BCUT2D eigenvalue weighted by Gasteiger charge is -2.31. The van der Waals surface area contributed by atoms with Gasteiger partial charge in [-0.25, -0.2) is 9.18 Å². The Hall–Kier alpha value is -3.73. The van der Waals surface area contributed by atoms with Crippen LogP contribution in [-0.2, 0) is 0 Å². The van der Waals surface area contributed by atoms with E-state index in [4.69, 9.17) is 9.47 Å². The van der Waals surface area contributed by atoms with Crippen LogP contribution in [0.5, 0.6) is 11.5 Å². The SMILES string of the molecule is COc1ccc(NC(=O)N2CCC[C@H](c3nnc(C(=O)Nc4cccc(F)c4)s3)C2)cc1OC. The first kappa shape index (κ1) is 23.4. The zero-order valence-corrected chi connectivity index (χ0v) is 19.5. The molecule has 2 aromatic carbocycles. The van der Waals surface area contributed by atoms with E-state index in [9.17, 15) is 14.0 Å². The molecule has 1 aliphatic heterocycles. The number of benzene rings is 2. The molecule has 3 amide bonds. The first-order chi connectivity index (χ1) is 16.5. The van der Waals surface area contributed by atoms with Crippen molar-refractivity contribution in [2.45, 2.75) is 18.8 Å². The van der Waals surface area contributed by atoms with Gasteiger partial charge in [-0.05, 0) is 43.2 Å². The van der Waals surface area contributed by atoms with Crippen molar-refractivity contribution in [2.24, 2.45) is 0 Å². The van der Waals surface area contributed by atoms with Crippen LogP contribution in [0.1, 0.15) is 33.6 Å². The van der Waals surface area contributed by atoms with Gasteiger partial charge >= 0.3 is 6.03 Å². The third-order valence-electron chi connectivity index (χ3n) is 5.41. The van der Waals surface area contributed by atoms with Crippen molar-refractivity contribution >= 4 is 34.6 Å². The maximum atomic E-state index is 13.4. The summed E-state index contributed by atoms with van der Waals surface area (Å²) in [6, 6.07) is 10.6. The highest BCUT2D eigenvalue weighted by atomic mass is 32.1. The molecule has 1 saturated heterocycles. The second kappa shape index (κ2) is 10.5. The number of piperidine rings is 1. The van der Waals surface area contributed by atoms with Crippen LogP contribution in [0.25, 0.3) is 0 Å². The van der Waals surface area contributed by atoms with Gasteiger partial charge in [-0.15, -0.1) is 10.2 Å². The van der Waals surface area contributed by atoms with Gasteiger partial charge in [-0.2, -0.15) is 0 Å². The van der Waals surface area contributed by atoms with Crippen molar-refractivity contribution < 1.29 is 23.5 Å². The number of nitrogens with zero attached hydrogens (tertiary/aromatic N) is 3. The zero-order chi connectivity index (χ0) is 24.1. The summed E-state index contributed by atoms with van der Waals surface area (Å²) >= 11 is 1.18. The largest absolute Gasteiger partial charge is 0.493 e. The van der Waals surface area contributed by atoms with E-state index in [-0.39, 0.29) is 17.0 Å². The number of anilines is 2. The van der Waals surface area contributed by atoms with Crippen LogP contribution in [0, 0.1) is 5.82 Å². The fraction of sp³-hybridized carbons (Fsp3) is 0.304. The molecule has 34 heavy (non-hydrogen) atoms. The van der Waals surface area contributed by atoms with Crippen LogP contribution in [0.15, 0.2) is 42.5 Å². The molecule has 9 nitrogen and oxygen atoms in total. The molecule has 1 aliphatic rings. The number of carbonyl (C=O) groups is 2. The minimum Gasteiger partial charge on any atom is -0.493 e. The van der Waals surface area contributed by atoms with Crippen molar-refractivity contribution in [1.29, 1.82) is 0 Å². The van der Waals surface area contributed by atoms with E-state index in [2.05, 4.69) is 20.8 Å². The molecule has 0 aliphatic carbocycles. The molecular weight excluding hydrogens is 461 g/mol. The molecule has 0 radical (unpaired) electrons. The van der Waals surface area contributed by atoms with Gasteiger partial charge in [0.25, 0.3) is 5.91 Å². The maximum absolute atomic E-state index is 13.4. The number of ether oxygens (including phenoxy) is 2. The first-order valence-corrected chi connectivity index (χ1v) is 11.5. The quantitative estimate of drug-likeness (QED) is 0.538. The Labute approximate surface area is 199 Å². The minimum atomic E-state index is -0.451. The van der Waals surface area contributed by atoms with Crippen molar-refractivity contribution in [3.63, 3.8) is 0 Å². The van der Waals surface area contributed by atoms with E-state index in [0.717, 1.165) is 12.8 Å². The van der Waals surface area contributed by atoms with Crippen LogP contribution in [0.3, 0.4) is 0 Å². The number of carbonyl (C=O) groups excluding carboxylic acids is 2. The summed E-state index contributed by atoms with van der Waals surface area (Å²) in [6.45, 7) is 1.07. The van der Waals surface area contributed by atoms with E-state index in [0.29, 0.717) is 41.0 Å². The maximum Gasteiger partial charge on any atom is 0.321 e. The van der Waals surface area contributed by atoms with Gasteiger partial charge in [-0.1, -0.05) is 17.4 Å². The lowest BCUT2D eigenvalue weighted by atomic mass is 9.99. The molecule has 1 fully saturated rings. The number of nitrogens with one attached hydrogen (secondary N) is 2. The third-order valence-corrected chi connectivity index (χ3v) is 6.49. The van der Waals surface area contributed by atoms with Gasteiger partial charge in [0.05, 0.1) is 14.2 Å². The van der Waals surface area contributed by atoms with Gasteiger partial charge in [0.15, 0.2) is 11.5 Å². The van der Waals surface area contributed by atoms with Crippen LogP contribution in [0.2, 0.25) is 0 Å². The second-order valence-electron chi connectivity index (χ2n) is 7.70. The zero-order valence-electron chi connectivity index (χ0n) is 18.7. The number of rotatable bonds is 6. The van der Waals surface area contributed by atoms with Crippen LogP contribution >= 0.6 is 11.3 Å². The van der Waals surface area contributed by atoms with Crippen molar-refractivity contribution in [3.05, 3.63) is 58.3 Å². The number of hydrogen-bond acceptors (Lipinski definition) is 7. The number of amides is 3. The number of aromatic nitrogens is 2. The topological polar surface area (TPSA) is 106 Å². The van der Waals surface area contributed by atoms with Gasteiger partial charge in [0, 0.05) is 36.4 Å². The summed E-state index contributed by atoms with van der Waals surface area (Å²) < 4.78 is 23.9. The van der Waals surface area contributed by atoms with Crippen LogP contribution in [0.4, 0.5) is 20.6 Å². The molecule has 11 heteroatoms. The fourth-order valence-electron chi connectivity index (χ4n) is 3.72. The van der Waals surface area contributed by atoms with E-state index in [1.165, 1.54) is 36.6 Å². The highest BCUT2D eigenvalue weighted by molar-refractivity contribution is 7.13. The summed E-state index contributed by atoms with van der Waals surface area (Å²) in [5.74, 6) is 0.178. The van der Waals surface area contributed by atoms with Crippen LogP contribution in [-0.4, -0.2) is 54.3 Å². The standard InChI is InChI=1S/C23H24FN5O4S/c1-32-18-9-8-17(12-19(18)33-2)26-23(31)29-10-4-5-14(13-29)21-27-28-22(34-21)20(30)25-16-7-3-6-15(24)11-16/h3,6-9,11-12,14H,4-5,10,13H2,1-2H3,(H,25,30)(H,26,31)/t14-/m0/s1. The Morgan fingerprint density at radius 1 is 1.06 bits per heavy atom. The summed E-state index contributed by atoms with van der Waals surface area (Å²) in [5.41, 5.74) is 0.939. The van der Waals surface area contributed by atoms with E-state index in [1.54, 1.807) is 36.3 Å². The molecule has 1 atom stereocenters. The lowest BCUT2D eigenvalue weighted by Crippen LogP contribution is -2.41. The molecule has 0 spiro atoms. The highest BCUT2D eigenvalue weighted by Gasteiger charge is 2.28. The Bertz CT molecular complexity index is 1190. The molecule has 2 N–H and O–H groups in total. The van der Waals surface area contributed by atoms with Crippen molar-refractivity contribution in [1.82, 2.24) is 15.1 Å². The fourth-order valence-corrected chi connectivity index (χ4v) is 4.59. The molecule has 178 valence electrons. The molecule has 0 bridgehead atoms. The Morgan fingerprint density at radius 2 is 1.85 bits per heavy atom. The van der Waals surface area contributed by atoms with Gasteiger partial charge < -0.3 is 25.0 Å². The monoisotopic (exact) mass is 485 g/mol. The van der Waals surface area contributed by atoms with Gasteiger partial charge in [0.1, 0.15) is 10.8 Å².